The van der Waals surface area contributed by atoms with E-state index in [1.807, 2.05) is 7.05 Å². The molecule has 0 radical (unpaired) electrons. The van der Waals surface area contributed by atoms with Crippen LogP contribution >= 0.6 is 0 Å². The summed E-state index contributed by atoms with van der Waals surface area (Å²) in [7, 11) is 1.92. The van der Waals surface area contributed by atoms with Gasteiger partial charge in [-0.3, -0.25) is 4.90 Å². The molecular formula is C14H21FN2O2. The van der Waals surface area contributed by atoms with Gasteiger partial charge in [-0.05, 0) is 19.2 Å². The van der Waals surface area contributed by atoms with E-state index in [1.165, 1.54) is 6.07 Å². The maximum Gasteiger partial charge on any atom is 0.165 e. The number of hydrogen-bond acceptors (Lipinski definition) is 4. The number of ether oxygens (including phenoxy) is 2. The van der Waals surface area contributed by atoms with Gasteiger partial charge in [0.15, 0.2) is 11.6 Å². The molecule has 1 unspecified atom stereocenters. The number of benzene rings is 1. The lowest BCUT2D eigenvalue weighted by molar-refractivity contribution is -0.0292. The molecule has 2 rings (SSSR count). The Morgan fingerprint density at radius 1 is 1.47 bits per heavy atom. The molecule has 1 heterocycles. The van der Waals surface area contributed by atoms with Crippen molar-refractivity contribution in [3.63, 3.8) is 0 Å². The number of nitrogens with one attached hydrogen (secondary N) is 1. The van der Waals surface area contributed by atoms with Crippen molar-refractivity contribution in [1.82, 2.24) is 10.2 Å². The second-order valence-electron chi connectivity index (χ2n) is 4.63. The van der Waals surface area contributed by atoms with Crippen LogP contribution in [0.15, 0.2) is 24.3 Å². The molecule has 0 aromatic heterocycles. The number of morpholine rings is 1. The van der Waals surface area contributed by atoms with E-state index in [0.29, 0.717) is 12.4 Å². The van der Waals surface area contributed by atoms with Crippen molar-refractivity contribution in [2.45, 2.75) is 6.10 Å². The lowest BCUT2D eigenvalue weighted by Crippen LogP contribution is -2.47. The molecule has 5 heteroatoms. The summed E-state index contributed by atoms with van der Waals surface area (Å²) in [6, 6.07) is 6.49. The van der Waals surface area contributed by atoms with Crippen LogP contribution < -0.4 is 10.1 Å². The monoisotopic (exact) mass is 268 g/mol. The molecule has 1 atom stereocenters. The standard InChI is InChI=1S/C14H21FN2O2/c1-16-10-12-11-17(6-8-18-12)7-9-19-14-5-3-2-4-13(14)15/h2-5,12,16H,6-11H2,1H3. The van der Waals surface area contributed by atoms with Crippen molar-refractivity contribution in [2.24, 2.45) is 0 Å². The molecule has 1 N–H and O–H groups in total. The minimum atomic E-state index is -0.308. The van der Waals surface area contributed by atoms with Crippen LogP contribution in [0.25, 0.3) is 0 Å². The number of halogens is 1. The van der Waals surface area contributed by atoms with E-state index >= 15 is 0 Å². The van der Waals surface area contributed by atoms with Gasteiger partial charge < -0.3 is 14.8 Å². The van der Waals surface area contributed by atoms with Crippen molar-refractivity contribution in [2.75, 3.05) is 46.4 Å². The Labute approximate surface area is 113 Å². The molecule has 1 aromatic carbocycles. The largest absolute Gasteiger partial charge is 0.489 e. The highest BCUT2D eigenvalue weighted by Crippen LogP contribution is 2.15. The molecule has 0 saturated carbocycles. The van der Waals surface area contributed by atoms with E-state index in [-0.39, 0.29) is 11.9 Å². The molecule has 19 heavy (non-hydrogen) atoms. The fourth-order valence-corrected chi connectivity index (χ4v) is 2.18. The summed E-state index contributed by atoms with van der Waals surface area (Å²) in [6.07, 6.45) is 0.229. The van der Waals surface area contributed by atoms with Gasteiger partial charge in [0.25, 0.3) is 0 Å². The van der Waals surface area contributed by atoms with Gasteiger partial charge in [-0.1, -0.05) is 12.1 Å². The van der Waals surface area contributed by atoms with Gasteiger partial charge in [-0.2, -0.15) is 0 Å². The van der Waals surface area contributed by atoms with Crippen LogP contribution in [0.2, 0.25) is 0 Å². The maximum atomic E-state index is 13.4. The third kappa shape index (κ3) is 4.45. The summed E-state index contributed by atoms with van der Waals surface area (Å²) in [5.41, 5.74) is 0. The van der Waals surface area contributed by atoms with E-state index in [9.17, 15) is 4.39 Å². The molecule has 1 fully saturated rings. The summed E-state index contributed by atoms with van der Waals surface area (Å²) >= 11 is 0. The summed E-state index contributed by atoms with van der Waals surface area (Å²) in [5, 5.41) is 3.11. The summed E-state index contributed by atoms with van der Waals surface area (Å²) in [4.78, 5) is 2.28. The second-order valence-corrected chi connectivity index (χ2v) is 4.63. The Kier molecular flexibility index (Phi) is 5.57. The number of likely N-dealkylation sites (N-methyl/N-ethyl adjacent to an activating group) is 1. The van der Waals surface area contributed by atoms with E-state index in [1.54, 1.807) is 18.2 Å². The average Bonchev–Trinajstić information content (AvgIpc) is 2.42. The molecule has 0 bridgehead atoms. The first kappa shape index (κ1) is 14.2. The van der Waals surface area contributed by atoms with Crippen LogP contribution in [-0.4, -0.2) is 57.4 Å². The fraction of sp³-hybridized carbons (Fsp3) is 0.571. The number of para-hydroxylation sites is 1. The molecular weight excluding hydrogens is 247 g/mol. The number of nitrogens with zero attached hydrogens (tertiary/aromatic N) is 1. The summed E-state index contributed by atoms with van der Waals surface area (Å²) in [5.74, 6) is 0.0140. The Hall–Kier alpha value is -1.17. The van der Waals surface area contributed by atoms with Gasteiger partial charge in [0.1, 0.15) is 6.61 Å². The van der Waals surface area contributed by atoms with Crippen molar-refractivity contribution in [1.29, 1.82) is 0 Å². The first-order valence-electron chi connectivity index (χ1n) is 6.65. The average molecular weight is 268 g/mol. The normalized spacial score (nSPS) is 20.4. The van der Waals surface area contributed by atoms with Gasteiger partial charge in [0.2, 0.25) is 0 Å². The lowest BCUT2D eigenvalue weighted by Gasteiger charge is -2.32. The van der Waals surface area contributed by atoms with Gasteiger partial charge in [-0.25, -0.2) is 4.39 Å². The van der Waals surface area contributed by atoms with Crippen LogP contribution in [0.4, 0.5) is 4.39 Å². The van der Waals surface area contributed by atoms with Crippen molar-refractivity contribution in [3.05, 3.63) is 30.1 Å². The van der Waals surface area contributed by atoms with Gasteiger partial charge in [-0.15, -0.1) is 0 Å². The Morgan fingerprint density at radius 2 is 2.32 bits per heavy atom. The number of hydrogen-bond donors (Lipinski definition) is 1. The number of rotatable bonds is 6. The van der Waals surface area contributed by atoms with Crippen molar-refractivity contribution in [3.8, 4) is 5.75 Å². The van der Waals surface area contributed by atoms with E-state index in [2.05, 4.69) is 10.2 Å². The Morgan fingerprint density at radius 3 is 3.11 bits per heavy atom. The van der Waals surface area contributed by atoms with Gasteiger partial charge in [0, 0.05) is 26.2 Å². The highest BCUT2D eigenvalue weighted by Gasteiger charge is 2.19. The zero-order valence-electron chi connectivity index (χ0n) is 11.3. The molecule has 1 aliphatic rings. The van der Waals surface area contributed by atoms with Crippen molar-refractivity contribution < 1.29 is 13.9 Å². The Bertz CT molecular complexity index is 387. The van der Waals surface area contributed by atoms with E-state index < -0.39 is 0 Å². The van der Waals surface area contributed by atoms with Crippen LogP contribution in [0.1, 0.15) is 0 Å². The minimum absolute atomic E-state index is 0.229. The first-order valence-corrected chi connectivity index (χ1v) is 6.65. The first-order chi connectivity index (χ1) is 9.29. The molecule has 4 nitrogen and oxygen atoms in total. The van der Waals surface area contributed by atoms with Crippen LogP contribution in [0.5, 0.6) is 5.75 Å². The third-order valence-corrected chi connectivity index (χ3v) is 3.16. The molecule has 1 aliphatic heterocycles. The predicted octanol–water partition coefficient (Wildman–Crippen LogP) is 1.12. The minimum Gasteiger partial charge on any atom is -0.489 e. The van der Waals surface area contributed by atoms with Gasteiger partial charge in [0.05, 0.1) is 12.7 Å². The Balaban J connectivity index is 1.72. The highest BCUT2D eigenvalue weighted by molar-refractivity contribution is 5.23. The summed E-state index contributed by atoms with van der Waals surface area (Å²) < 4.78 is 24.4. The summed E-state index contributed by atoms with van der Waals surface area (Å²) in [6.45, 7) is 4.67. The smallest absolute Gasteiger partial charge is 0.165 e. The highest BCUT2D eigenvalue weighted by atomic mass is 19.1. The molecule has 1 aromatic rings. The van der Waals surface area contributed by atoms with E-state index in [0.717, 1.165) is 32.8 Å². The molecule has 1 saturated heterocycles. The fourth-order valence-electron chi connectivity index (χ4n) is 2.18. The third-order valence-electron chi connectivity index (χ3n) is 3.16. The van der Waals surface area contributed by atoms with Crippen LogP contribution in [0.3, 0.4) is 0 Å². The SMILES string of the molecule is CNCC1CN(CCOc2ccccc2F)CCO1. The second kappa shape index (κ2) is 7.43. The van der Waals surface area contributed by atoms with Crippen LogP contribution in [0, 0.1) is 5.82 Å². The quantitative estimate of drug-likeness (QED) is 0.838. The zero-order chi connectivity index (χ0) is 13.5. The molecule has 0 amide bonds. The molecule has 0 spiro atoms. The zero-order valence-corrected chi connectivity index (χ0v) is 11.3. The molecule has 0 aliphatic carbocycles. The maximum absolute atomic E-state index is 13.4. The lowest BCUT2D eigenvalue weighted by atomic mass is 10.2. The van der Waals surface area contributed by atoms with Gasteiger partial charge >= 0.3 is 0 Å². The van der Waals surface area contributed by atoms with Crippen molar-refractivity contribution >= 4 is 0 Å². The molecule has 106 valence electrons. The van der Waals surface area contributed by atoms with Crippen LogP contribution in [-0.2, 0) is 4.74 Å². The topological polar surface area (TPSA) is 33.7 Å². The van der Waals surface area contributed by atoms with E-state index in [4.69, 9.17) is 9.47 Å². The predicted molar refractivity (Wildman–Crippen MR) is 72.0 cm³/mol.